The molecule has 0 atom stereocenters. The van der Waals surface area contributed by atoms with Gasteiger partial charge in [-0.05, 0) is 30.7 Å². The number of nitrogens with zero attached hydrogens (tertiary/aromatic N) is 5. The number of aryl methyl sites for hydroxylation is 1. The highest BCUT2D eigenvalue weighted by molar-refractivity contribution is 5.68. The van der Waals surface area contributed by atoms with Gasteiger partial charge in [0.15, 0.2) is 5.82 Å². The van der Waals surface area contributed by atoms with Crippen LogP contribution in [0.25, 0.3) is 5.52 Å². The quantitative estimate of drug-likeness (QED) is 0.717. The van der Waals surface area contributed by atoms with Crippen LogP contribution < -0.4 is 4.90 Å². The van der Waals surface area contributed by atoms with Gasteiger partial charge in [-0.3, -0.25) is 4.98 Å². The lowest BCUT2D eigenvalue weighted by Gasteiger charge is -2.18. The number of fused-ring (bicyclic) bond motifs is 1. The van der Waals surface area contributed by atoms with Crippen LogP contribution in [0.1, 0.15) is 11.3 Å². The molecule has 0 saturated heterocycles. The van der Waals surface area contributed by atoms with Gasteiger partial charge in [-0.1, -0.05) is 0 Å². The maximum Gasteiger partial charge on any atom is 0.154 e. The zero-order chi connectivity index (χ0) is 13.2. The Morgan fingerprint density at radius 3 is 2.79 bits per heavy atom. The monoisotopic (exact) mass is 253 g/mol. The minimum atomic E-state index is 0.791. The van der Waals surface area contributed by atoms with Crippen LogP contribution >= 0.6 is 0 Å². The normalized spacial score (nSPS) is 10.8. The molecule has 0 spiro atoms. The second-order valence-electron chi connectivity index (χ2n) is 4.58. The van der Waals surface area contributed by atoms with Gasteiger partial charge in [-0.25, -0.2) is 9.50 Å². The Kier molecular flexibility index (Phi) is 2.87. The summed E-state index contributed by atoms with van der Waals surface area (Å²) in [6.45, 7) is 2.78. The van der Waals surface area contributed by atoms with Crippen LogP contribution in [-0.4, -0.2) is 26.6 Å². The minimum Gasteiger partial charge on any atom is -0.354 e. The molecule has 0 saturated carbocycles. The first-order valence-electron chi connectivity index (χ1n) is 6.15. The van der Waals surface area contributed by atoms with Gasteiger partial charge < -0.3 is 4.90 Å². The summed E-state index contributed by atoms with van der Waals surface area (Å²) in [4.78, 5) is 10.6. The van der Waals surface area contributed by atoms with Crippen molar-refractivity contribution in [1.82, 2.24) is 19.6 Å². The number of anilines is 1. The molecule has 0 bridgehead atoms. The number of pyridine rings is 1. The van der Waals surface area contributed by atoms with Crippen molar-refractivity contribution in [2.75, 3.05) is 11.9 Å². The summed E-state index contributed by atoms with van der Waals surface area (Å²) in [6, 6.07) is 6.07. The van der Waals surface area contributed by atoms with Gasteiger partial charge in [-0.2, -0.15) is 5.10 Å². The third-order valence-electron chi connectivity index (χ3n) is 3.02. The van der Waals surface area contributed by atoms with E-state index in [0.717, 1.165) is 23.6 Å². The smallest absolute Gasteiger partial charge is 0.154 e. The van der Waals surface area contributed by atoms with E-state index in [2.05, 4.69) is 20.0 Å². The van der Waals surface area contributed by atoms with E-state index in [0.29, 0.717) is 0 Å². The predicted octanol–water partition coefficient (Wildman–Crippen LogP) is 2.07. The molecule has 0 unspecified atom stereocenters. The van der Waals surface area contributed by atoms with Gasteiger partial charge in [0, 0.05) is 38.4 Å². The highest BCUT2D eigenvalue weighted by Gasteiger charge is 2.10. The number of rotatable bonds is 3. The molecule has 3 heterocycles. The van der Waals surface area contributed by atoms with Gasteiger partial charge in [-0.15, -0.1) is 0 Å². The van der Waals surface area contributed by atoms with Crippen LogP contribution in [0.3, 0.4) is 0 Å². The van der Waals surface area contributed by atoms with Crippen LogP contribution in [0.4, 0.5) is 5.82 Å². The molecule has 5 nitrogen and oxygen atoms in total. The maximum atomic E-state index is 4.47. The Morgan fingerprint density at radius 1 is 1.21 bits per heavy atom. The molecule has 0 aliphatic carbocycles. The number of hydrogen-bond donors (Lipinski definition) is 0. The summed E-state index contributed by atoms with van der Waals surface area (Å²) >= 11 is 0. The van der Waals surface area contributed by atoms with Crippen molar-refractivity contribution >= 4 is 11.3 Å². The maximum absolute atomic E-state index is 4.47. The Labute approximate surface area is 111 Å². The summed E-state index contributed by atoms with van der Waals surface area (Å²) in [7, 11) is 2.03. The zero-order valence-electron chi connectivity index (χ0n) is 11.0. The molecule has 0 aromatic carbocycles. The topological polar surface area (TPSA) is 46.3 Å². The van der Waals surface area contributed by atoms with Gasteiger partial charge in [0.2, 0.25) is 0 Å². The van der Waals surface area contributed by atoms with Gasteiger partial charge in [0.05, 0.1) is 5.69 Å². The van der Waals surface area contributed by atoms with E-state index in [1.54, 1.807) is 18.6 Å². The lowest BCUT2D eigenvalue weighted by Crippen LogP contribution is -2.18. The lowest BCUT2D eigenvalue weighted by molar-refractivity contribution is 0.870. The Morgan fingerprint density at radius 2 is 2.00 bits per heavy atom. The summed E-state index contributed by atoms with van der Waals surface area (Å²) in [5.74, 6) is 0.930. The molecule has 0 aliphatic rings. The molecular formula is C14H15N5. The van der Waals surface area contributed by atoms with Crippen molar-refractivity contribution in [3.8, 4) is 0 Å². The Hall–Kier alpha value is -2.43. The molecule has 0 amide bonds. The van der Waals surface area contributed by atoms with Crippen molar-refractivity contribution < 1.29 is 0 Å². The lowest BCUT2D eigenvalue weighted by atomic mass is 10.2. The highest BCUT2D eigenvalue weighted by atomic mass is 15.3. The van der Waals surface area contributed by atoms with Crippen LogP contribution in [0.5, 0.6) is 0 Å². The number of hydrogen-bond acceptors (Lipinski definition) is 4. The minimum absolute atomic E-state index is 0.791. The summed E-state index contributed by atoms with van der Waals surface area (Å²) in [5, 5.41) is 4.40. The van der Waals surface area contributed by atoms with Gasteiger partial charge in [0.25, 0.3) is 0 Å². The molecule has 96 valence electrons. The van der Waals surface area contributed by atoms with Crippen LogP contribution in [0.15, 0.2) is 43.0 Å². The van der Waals surface area contributed by atoms with E-state index < -0.39 is 0 Å². The Bertz CT molecular complexity index is 689. The average molecular weight is 253 g/mol. The van der Waals surface area contributed by atoms with Crippen LogP contribution in [0, 0.1) is 6.92 Å². The molecule has 3 aromatic heterocycles. The predicted molar refractivity (Wildman–Crippen MR) is 74.1 cm³/mol. The van der Waals surface area contributed by atoms with Gasteiger partial charge in [0.1, 0.15) is 5.52 Å². The van der Waals surface area contributed by atoms with E-state index in [4.69, 9.17) is 0 Å². The van der Waals surface area contributed by atoms with Crippen molar-refractivity contribution in [3.05, 3.63) is 54.2 Å². The molecule has 3 rings (SSSR count). The fraction of sp³-hybridized carbons (Fsp3) is 0.214. The first-order chi connectivity index (χ1) is 9.24. The molecule has 0 N–H and O–H groups in total. The first kappa shape index (κ1) is 11.6. The van der Waals surface area contributed by atoms with Gasteiger partial charge >= 0.3 is 0 Å². The highest BCUT2D eigenvalue weighted by Crippen LogP contribution is 2.19. The van der Waals surface area contributed by atoms with E-state index >= 15 is 0 Å². The summed E-state index contributed by atoms with van der Waals surface area (Å²) < 4.78 is 1.86. The molecule has 0 aliphatic heterocycles. The van der Waals surface area contributed by atoms with E-state index in [9.17, 15) is 0 Å². The van der Waals surface area contributed by atoms with E-state index in [-0.39, 0.29) is 0 Å². The fourth-order valence-corrected chi connectivity index (χ4v) is 2.16. The third kappa shape index (κ3) is 2.27. The average Bonchev–Trinajstić information content (AvgIpc) is 2.79. The molecular weight excluding hydrogens is 238 g/mol. The molecule has 0 radical (unpaired) electrons. The molecule has 19 heavy (non-hydrogen) atoms. The van der Waals surface area contributed by atoms with Crippen molar-refractivity contribution in [3.63, 3.8) is 0 Å². The van der Waals surface area contributed by atoms with E-state index in [1.165, 1.54) is 5.56 Å². The second-order valence-corrected chi connectivity index (χ2v) is 4.58. The fourth-order valence-electron chi connectivity index (χ4n) is 2.16. The third-order valence-corrected chi connectivity index (χ3v) is 3.02. The van der Waals surface area contributed by atoms with Crippen LogP contribution in [0.2, 0.25) is 0 Å². The zero-order valence-corrected chi connectivity index (χ0v) is 11.0. The molecule has 3 aromatic rings. The van der Waals surface area contributed by atoms with Crippen LogP contribution in [-0.2, 0) is 6.54 Å². The second kappa shape index (κ2) is 4.68. The van der Waals surface area contributed by atoms with Crippen molar-refractivity contribution in [2.24, 2.45) is 0 Å². The first-order valence-corrected chi connectivity index (χ1v) is 6.15. The van der Waals surface area contributed by atoms with Crippen molar-refractivity contribution in [2.45, 2.75) is 13.5 Å². The van der Waals surface area contributed by atoms with Crippen molar-refractivity contribution in [1.29, 1.82) is 0 Å². The SMILES string of the molecule is Cc1cc2c(N(C)Cc3ccncc3)nccn2n1. The standard InChI is InChI=1S/C14H15N5/c1-11-9-13-14(16-7-8-19(13)17-11)18(2)10-12-3-5-15-6-4-12/h3-9H,10H2,1-2H3. The Balaban J connectivity index is 1.95. The summed E-state index contributed by atoms with van der Waals surface area (Å²) in [5.41, 5.74) is 3.22. The summed E-state index contributed by atoms with van der Waals surface area (Å²) in [6.07, 6.45) is 7.25. The van der Waals surface area contributed by atoms with E-state index in [1.807, 2.05) is 42.9 Å². The number of aromatic nitrogens is 4. The molecule has 0 fully saturated rings. The largest absolute Gasteiger partial charge is 0.354 e. The molecule has 5 heteroatoms.